The molecule has 0 spiro atoms. The predicted octanol–water partition coefficient (Wildman–Crippen LogP) is 3.06. The summed E-state index contributed by atoms with van der Waals surface area (Å²) in [6.07, 6.45) is 0. The minimum absolute atomic E-state index is 0.0137. The molecule has 1 aliphatic rings. The average molecular weight is 413 g/mol. The quantitative estimate of drug-likeness (QED) is 0.837. The molecule has 6 nitrogen and oxygen atoms in total. The van der Waals surface area contributed by atoms with Crippen LogP contribution in [-0.2, 0) is 14.8 Å². The Bertz CT molecular complexity index is 975. The fraction of sp³-hybridized carbons (Fsp3) is 0.278. The Morgan fingerprint density at radius 1 is 1.19 bits per heavy atom. The molecule has 0 aliphatic carbocycles. The molecule has 1 amide bonds. The topological polar surface area (TPSA) is 75.7 Å². The average Bonchev–Trinajstić information content (AvgIpc) is 2.65. The van der Waals surface area contributed by atoms with E-state index in [-0.39, 0.29) is 34.3 Å². The highest BCUT2D eigenvalue weighted by Gasteiger charge is 2.29. The van der Waals surface area contributed by atoms with Gasteiger partial charge in [-0.15, -0.1) is 0 Å². The van der Waals surface area contributed by atoms with E-state index in [0.717, 1.165) is 5.56 Å². The summed E-state index contributed by atoms with van der Waals surface area (Å²) in [5.74, 6) is -1.21. The van der Waals surface area contributed by atoms with Crippen molar-refractivity contribution in [2.24, 2.45) is 0 Å². The first-order valence-corrected chi connectivity index (χ1v) is 10.1. The number of aryl methyl sites for hydroxylation is 1. The van der Waals surface area contributed by atoms with Crippen LogP contribution in [0.4, 0.5) is 10.1 Å². The van der Waals surface area contributed by atoms with E-state index in [1.54, 1.807) is 13.0 Å². The van der Waals surface area contributed by atoms with Gasteiger partial charge in [-0.2, -0.15) is 4.31 Å². The van der Waals surface area contributed by atoms with Gasteiger partial charge in [0.05, 0.1) is 23.9 Å². The molecule has 1 saturated heterocycles. The highest BCUT2D eigenvalue weighted by atomic mass is 35.5. The van der Waals surface area contributed by atoms with Crippen LogP contribution >= 0.6 is 11.6 Å². The van der Waals surface area contributed by atoms with Gasteiger partial charge in [0, 0.05) is 18.7 Å². The monoisotopic (exact) mass is 412 g/mol. The smallest absolute Gasteiger partial charge is 0.255 e. The summed E-state index contributed by atoms with van der Waals surface area (Å²) in [7, 11) is -3.87. The number of hydrogen-bond acceptors (Lipinski definition) is 4. The lowest BCUT2D eigenvalue weighted by atomic mass is 10.2. The van der Waals surface area contributed by atoms with Crippen molar-refractivity contribution in [3.8, 4) is 0 Å². The summed E-state index contributed by atoms with van der Waals surface area (Å²) in [5, 5.41) is 2.47. The van der Waals surface area contributed by atoms with E-state index >= 15 is 0 Å². The maximum Gasteiger partial charge on any atom is 0.255 e. The lowest BCUT2D eigenvalue weighted by Gasteiger charge is -2.26. The Morgan fingerprint density at radius 3 is 2.59 bits per heavy atom. The van der Waals surface area contributed by atoms with Crippen molar-refractivity contribution in [1.82, 2.24) is 4.31 Å². The van der Waals surface area contributed by atoms with Crippen molar-refractivity contribution in [3.05, 3.63) is 58.4 Å². The van der Waals surface area contributed by atoms with Gasteiger partial charge in [-0.3, -0.25) is 4.79 Å². The molecular formula is C18H18ClFN2O4S. The number of carbonyl (C=O) groups is 1. The van der Waals surface area contributed by atoms with Crippen LogP contribution in [-0.4, -0.2) is 44.9 Å². The normalized spacial score (nSPS) is 15.5. The van der Waals surface area contributed by atoms with Crippen LogP contribution in [0.25, 0.3) is 0 Å². The van der Waals surface area contributed by atoms with Crippen LogP contribution in [0.5, 0.6) is 0 Å². The van der Waals surface area contributed by atoms with Gasteiger partial charge in [-0.05, 0) is 42.8 Å². The van der Waals surface area contributed by atoms with Crippen molar-refractivity contribution < 1.29 is 22.3 Å². The van der Waals surface area contributed by atoms with Gasteiger partial charge in [0.2, 0.25) is 10.0 Å². The van der Waals surface area contributed by atoms with Crippen LogP contribution in [0.2, 0.25) is 5.02 Å². The van der Waals surface area contributed by atoms with Crippen molar-refractivity contribution in [2.45, 2.75) is 11.8 Å². The van der Waals surface area contributed by atoms with E-state index < -0.39 is 21.7 Å². The lowest BCUT2D eigenvalue weighted by molar-refractivity contribution is 0.0730. The molecule has 0 unspecified atom stereocenters. The number of anilines is 1. The molecule has 0 radical (unpaired) electrons. The van der Waals surface area contributed by atoms with Crippen LogP contribution in [0.1, 0.15) is 15.9 Å². The first-order chi connectivity index (χ1) is 12.8. The second-order valence-corrected chi connectivity index (χ2v) is 8.41. The Hall–Kier alpha value is -2.00. The first-order valence-electron chi connectivity index (χ1n) is 8.24. The van der Waals surface area contributed by atoms with Crippen LogP contribution in [0, 0.1) is 12.7 Å². The number of carbonyl (C=O) groups excluding carboxylic acids is 1. The molecule has 2 aromatic rings. The minimum atomic E-state index is -3.87. The third-order valence-electron chi connectivity index (χ3n) is 4.15. The zero-order valence-corrected chi connectivity index (χ0v) is 16.1. The number of hydrogen-bond donors (Lipinski definition) is 1. The molecule has 1 N–H and O–H groups in total. The van der Waals surface area contributed by atoms with Crippen LogP contribution in [0.3, 0.4) is 0 Å². The highest BCUT2D eigenvalue weighted by molar-refractivity contribution is 7.89. The summed E-state index contributed by atoms with van der Waals surface area (Å²) in [6, 6.07) is 8.27. The zero-order chi connectivity index (χ0) is 19.6. The molecule has 0 saturated carbocycles. The van der Waals surface area contributed by atoms with Gasteiger partial charge in [-0.1, -0.05) is 17.7 Å². The summed E-state index contributed by atoms with van der Waals surface area (Å²) in [6.45, 7) is 2.78. The number of benzene rings is 2. The molecule has 3 rings (SSSR count). The molecule has 1 fully saturated rings. The molecule has 144 valence electrons. The van der Waals surface area contributed by atoms with Gasteiger partial charge in [0.15, 0.2) is 0 Å². The number of rotatable bonds is 4. The van der Waals surface area contributed by atoms with E-state index in [0.29, 0.717) is 13.2 Å². The van der Waals surface area contributed by atoms with E-state index in [4.69, 9.17) is 16.3 Å². The van der Waals surface area contributed by atoms with Gasteiger partial charge >= 0.3 is 0 Å². The van der Waals surface area contributed by atoms with E-state index in [1.807, 2.05) is 0 Å². The SMILES string of the molecule is Cc1ccc(F)c(NC(=O)c2ccc(Cl)c(S(=O)(=O)N3CCOCC3)c2)c1. The fourth-order valence-corrected chi connectivity index (χ4v) is 4.61. The Kier molecular flexibility index (Phi) is 5.81. The molecule has 2 aromatic carbocycles. The molecule has 0 atom stereocenters. The number of halogens is 2. The van der Waals surface area contributed by atoms with E-state index in [2.05, 4.69) is 5.32 Å². The number of sulfonamides is 1. The summed E-state index contributed by atoms with van der Waals surface area (Å²) in [4.78, 5) is 12.3. The van der Waals surface area contributed by atoms with Gasteiger partial charge in [0.1, 0.15) is 10.7 Å². The maximum atomic E-state index is 13.9. The molecule has 0 bridgehead atoms. The summed E-state index contributed by atoms with van der Waals surface area (Å²) < 4.78 is 46.0. The standard InChI is InChI=1S/C18H18ClFN2O4S/c1-12-2-5-15(20)16(10-12)21-18(23)13-3-4-14(19)17(11-13)27(24,25)22-6-8-26-9-7-22/h2-5,10-11H,6-9H2,1H3,(H,21,23). The summed E-state index contributed by atoms with van der Waals surface area (Å²) >= 11 is 6.08. The number of morpholine rings is 1. The Morgan fingerprint density at radius 2 is 1.89 bits per heavy atom. The van der Waals surface area contributed by atoms with Gasteiger partial charge < -0.3 is 10.1 Å². The Labute approximate surface area is 161 Å². The van der Waals surface area contributed by atoms with Gasteiger partial charge in [-0.25, -0.2) is 12.8 Å². The molecule has 27 heavy (non-hydrogen) atoms. The van der Waals surface area contributed by atoms with Crippen molar-refractivity contribution in [3.63, 3.8) is 0 Å². The molecule has 1 heterocycles. The van der Waals surface area contributed by atoms with Crippen LogP contribution in [0.15, 0.2) is 41.3 Å². The molecule has 1 aliphatic heterocycles. The zero-order valence-electron chi connectivity index (χ0n) is 14.5. The molecule has 9 heteroatoms. The third kappa shape index (κ3) is 4.30. The second kappa shape index (κ2) is 7.93. The van der Waals surface area contributed by atoms with E-state index in [9.17, 15) is 17.6 Å². The number of nitrogens with zero attached hydrogens (tertiary/aromatic N) is 1. The largest absolute Gasteiger partial charge is 0.379 e. The van der Waals surface area contributed by atoms with Gasteiger partial charge in [0.25, 0.3) is 5.91 Å². The van der Waals surface area contributed by atoms with Crippen molar-refractivity contribution in [2.75, 3.05) is 31.6 Å². The highest BCUT2D eigenvalue weighted by Crippen LogP contribution is 2.27. The molecular weight excluding hydrogens is 395 g/mol. The third-order valence-corrected chi connectivity index (χ3v) is 6.53. The fourth-order valence-electron chi connectivity index (χ4n) is 2.70. The number of amides is 1. The molecule has 0 aromatic heterocycles. The van der Waals surface area contributed by atoms with Crippen LogP contribution < -0.4 is 5.32 Å². The first kappa shape index (κ1) is 19.8. The Balaban J connectivity index is 1.90. The number of nitrogens with one attached hydrogen (secondary N) is 1. The van der Waals surface area contributed by atoms with Crippen molar-refractivity contribution >= 4 is 33.2 Å². The predicted molar refractivity (Wildman–Crippen MR) is 100 cm³/mol. The number of ether oxygens (including phenoxy) is 1. The van der Waals surface area contributed by atoms with E-state index in [1.165, 1.54) is 34.6 Å². The second-order valence-electron chi connectivity index (χ2n) is 6.10. The van der Waals surface area contributed by atoms with Crippen molar-refractivity contribution in [1.29, 1.82) is 0 Å². The lowest BCUT2D eigenvalue weighted by Crippen LogP contribution is -2.40. The minimum Gasteiger partial charge on any atom is -0.379 e. The summed E-state index contributed by atoms with van der Waals surface area (Å²) in [5.41, 5.74) is 0.859. The maximum absolute atomic E-state index is 13.9.